The Morgan fingerprint density at radius 1 is 1.40 bits per heavy atom. The van der Waals surface area contributed by atoms with Gasteiger partial charge in [-0.25, -0.2) is 0 Å². The van der Waals surface area contributed by atoms with Crippen LogP contribution < -0.4 is 5.32 Å². The average molecular weight is 207 g/mol. The van der Waals surface area contributed by atoms with Gasteiger partial charge in [-0.05, 0) is 25.3 Å². The van der Waals surface area contributed by atoms with Gasteiger partial charge in [0.05, 0.1) is 6.10 Å². The second kappa shape index (κ2) is 4.21. The topological polar surface area (TPSA) is 52.5 Å². The molecule has 0 bridgehead atoms. The van der Waals surface area contributed by atoms with Gasteiger partial charge in [0.25, 0.3) is 0 Å². The highest BCUT2D eigenvalue weighted by Crippen LogP contribution is 2.23. The molecular formula is C12H17NO2. The summed E-state index contributed by atoms with van der Waals surface area (Å²) in [5.41, 5.74) is 1.83. The predicted molar refractivity (Wildman–Crippen MR) is 58.7 cm³/mol. The first-order valence-electron chi connectivity index (χ1n) is 5.35. The van der Waals surface area contributed by atoms with E-state index in [4.69, 9.17) is 5.11 Å². The molecule has 1 aliphatic carbocycles. The molecule has 1 fully saturated rings. The van der Waals surface area contributed by atoms with Gasteiger partial charge in [0, 0.05) is 18.2 Å². The summed E-state index contributed by atoms with van der Waals surface area (Å²) in [6, 6.07) is 6.16. The lowest BCUT2D eigenvalue weighted by Gasteiger charge is -2.32. The maximum atomic E-state index is 9.76. The molecule has 3 N–H and O–H groups in total. The molecule has 0 unspecified atom stereocenters. The van der Waals surface area contributed by atoms with Crippen LogP contribution in [0, 0.1) is 6.92 Å². The highest BCUT2D eigenvalue weighted by molar-refractivity contribution is 5.39. The number of phenols is 1. The number of para-hydroxylation sites is 1. The van der Waals surface area contributed by atoms with Crippen molar-refractivity contribution < 1.29 is 10.2 Å². The smallest absolute Gasteiger partial charge is 0.122 e. The zero-order chi connectivity index (χ0) is 10.8. The van der Waals surface area contributed by atoms with E-state index in [-0.39, 0.29) is 6.10 Å². The third-order valence-corrected chi connectivity index (χ3v) is 3.02. The monoisotopic (exact) mass is 207 g/mol. The molecule has 1 aromatic rings. The van der Waals surface area contributed by atoms with Crippen molar-refractivity contribution in [2.75, 3.05) is 0 Å². The molecule has 0 heterocycles. The van der Waals surface area contributed by atoms with Crippen LogP contribution in [-0.2, 0) is 6.54 Å². The fourth-order valence-corrected chi connectivity index (χ4v) is 1.87. The van der Waals surface area contributed by atoms with E-state index >= 15 is 0 Å². The summed E-state index contributed by atoms with van der Waals surface area (Å²) in [7, 11) is 0. The maximum Gasteiger partial charge on any atom is 0.122 e. The minimum atomic E-state index is -0.131. The minimum Gasteiger partial charge on any atom is -0.507 e. The van der Waals surface area contributed by atoms with Crippen molar-refractivity contribution >= 4 is 0 Å². The Morgan fingerprint density at radius 2 is 2.13 bits per heavy atom. The number of hydrogen-bond donors (Lipinski definition) is 3. The zero-order valence-electron chi connectivity index (χ0n) is 8.90. The molecule has 0 atom stereocenters. The number of aromatic hydroxyl groups is 1. The Kier molecular flexibility index (Phi) is 2.93. The largest absolute Gasteiger partial charge is 0.507 e. The number of rotatable bonds is 3. The number of aryl methyl sites for hydroxylation is 1. The molecule has 0 saturated heterocycles. The average Bonchev–Trinajstić information content (AvgIpc) is 2.17. The van der Waals surface area contributed by atoms with Crippen molar-refractivity contribution in [2.45, 2.75) is 38.5 Å². The third-order valence-electron chi connectivity index (χ3n) is 3.02. The molecule has 0 radical (unpaired) electrons. The molecule has 0 aromatic heterocycles. The number of phenolic OH excluding ortho intramolecular Hbond substituents is 1. The van der Waals surface area contributed by atoms with Crippen LogP contribution in [0.3, 0.4) is 0 Å². The van der Waals surface area contributed by atoms with E-state index in [2.05, 4.69) is 5.32 Å². The number of aliphatic hydroxyl groups is 1. The van der Waals surface area contributed by atoms with E-state index < -0.39 is 0 Å². The molecule has 1 aromatic carbocycles. The van der Waals surface area contributed by atoms with E-state index in [9.17, 15) is 5.11 Å². The van der Waals surface area contributed by atoms with Gasteiger partial charge >= 0.3 is 0 Å². The molecule has 15 heavy (non-hydrogen) atoms. The van der Waals surface area contributed by atoms with Crippen LogP contribution in [0.15, 0.2) is 18.2 Å². The number of hydrogen-bond acceptors (Lipinski definition) is 3. The molecule has 1 aliphatic rings. The van der Waals surface area contributed by atoms with Gasteiger partial charge in [-0.15, -0.1) is 0 Å². The summed E-state index contributed by atoms with van der Waals surface area (Å²) in [4.78, 5) is 0. The first-order chi connectivity index (χ1) is 7.16. The van der Waals surface area contributed by atoms with Gasteiger partial charge in [0.2, 0.25) is 0 Å². The third kappa shape index (κ3) is 2.30. The van der Waals surface area contributed by atoms with E-state index in [1.807, 2.05) is 25.1 Å². The van der Waals surface area contributed by atoms with Crippen LogP contribution in [0.5, 0.6) is 5.75 Å². The Hall–Kier alpha value is -1.06. The molecule has 2 rings (SSSR count). The zero-order valence-corrected chi connectivity index (χ0v) is 8.90. The van der Waals surface area contributed by atoms with Gasteiger partial charge in [-0.3, -0.25) is 0 Å². The molecule has 82 valence electrons. The summed E-state index contributed by atoms with van der Waals surface area (Å²) in [5.74, 6) is 0.380. The van der Waals surface area contributed by atoms with Crippen molar-refractivity contribution in [1.82, 2.24) is 5.32 Å². The summed E-state index contributed by atoms with van der Waals surface area (Å²) < 4.78 is 0. The summed E-state index contributed by atoms with van der Waals surface area (Å²) in [5, 5.41) is 22.2. The standard InChI is InChI=1S/C12H17NO2/c1-8-3-2-4-9(12(8)15)7-13-10-5-11(14)6-10/h2-4,10-11,13-15H,5-7H2,1H3. The van der Waals surface area contributed by atoms with Crippen LogP contribution in [0.25, 0.3) is 0 Å². The summed E-state index contributed by atoms with van der Waals surface area (Å²) in [6.45, 7) is 2.57. The van der Waals surface area contributed by atoms with Crippen molar-refractivity contribution in [1.29, 1.82) is 0 Å². The second-order valence-corrected chi connectivity index (χ2v) is 4.29. The first-order valence-corrected chi connectivity index (χ1v) is 5.35. The lowest BCUT2D eigenvalue weighted by Crippen LogP contribution is -2.43. The van der Waals surface area contributed by atoms with Gasteiger partial charge < -0.3 is 15.5 Å². The summed E-state index contributed by atoms with van der Waals surface area (Å²) >= 11 is 0. The van der Waals surface area contributed by atoms with Crippen molar-refractivity contribution in [3.8, 4) is 5.75 Å². The van der Waals surface area contributed by atoms with E-state index in [1.165, 1.54) is 0 Å². The number of nitrogens with one attached hydrogen (secondary N) is 1. The van der Waals surface area contributed by atoms with Crippen LogP contribution in [0.1, 0.15) is 24.0 Å². The van der Waals surface area contributed by atoms with E-state index in [1.54, 1.807) is 0 Å². The Labute approximate surface area is 89.8 Å². The second-order valence-electron chi connectivity index (χ2n) is 4.29. The van der Waals surface area contributed by atoms with Gasteiger partial charge in [0.1, 0.15) is 5.75 Å². The Morgan fingerprint density at radius 3 is 2.80 bits per heavy atom. The quantitative estimate of drug-likeness (QED) is 0.700. The van der Waals surface area contributed by atoms with Crippen molar-refractivity contribution in [2.24, 2.45) is 0 Å². The van der Waals surface area contributed by atoms with Gasteiger partial charge in [-0.2, -0.15) is 0 Å². The number of aliphatic hydroxyl groups excluding tert-OH is 1. The first kappa shape index (κ1) is 10.5. The van der Waals surface area contributed by atoms with Crippen LogP contribution >= 0.6 is 0 Å². The van der Waals surface area contributed by atoms with E-state index in [0.29, 0.717) is 18.3 Å². The van der Waals surface area contributed by atoms with Gasteiger partial charge in [-0.1, -0.05) is 18.2 Å². The Balaban J connectivity index is 1.91. The highest BCUT2D eigenvalue weighted by Gasteiger charge is 2.26. The summed E-state index contributed by atoms with van der Waals surface area (Å²) in [6.07, 6.45) is 1.52. The molecule has 0 aliphatic heterocycles. The Bertz CT molecular complexity index is 345. The molecule has 3 heteroatoms. The van der Waals surface area contributed by atoms with Gasteiger partial charge in [0.15, 0.2) is 0 Å². The van der Waals surface area contributed by atoms with E-state index in [0.717, 1.165) is 24.0 Å². The number of benzene rings is 1. The fourth-order valence-electron chi connectivity index (χ4n) is 1.87. The molecule has 0 spiro atoms. The van der Waals surface area contributed by atoms with Crippen LogP contribution in [0.2, 0.25) is 0 Å². The molecule has 3 nitrogen and oxygen atoms in total. The normalized spacial score (nSPS) is 24.9. The molecule has 0 amide bonds. The predicted octanol–water partition coefficient (Wildman–Crippen LogP) is 1.31. The molecular weight excluding hydrogens is 190 g/mol. The molecule has 1 saturated carbocycles. The van der Waals surface area contributed by atoms with Crippen molar-refractivity contribution in [3.05, 3.63) is 29.3 Å². The van der Waals surface area contributed by atoms with Crippen molar-refractivity contribution in [3.63, 3.8) is 0 Å². The fraction of sp³-hybridized carbons (Fsp3) is 0.500. The maximum absolute atomic E-state index is 9.76. The minimum absolute atomic E-state index is 0.131. The van der Waals surface area contributed by atoms with Crippen LogP contribution in [-0.4, -0.2) is 22.4 Å². The lowest BCUT2D eigenvalue weighted by atomic mass is 9.89. The lowest BCUT2D eigenvalue weighted by molar-refractivity contribution is 0.0619. The SMILES string of the molecule is Cc1cccc(CNC2CC(O)C2)c1O. The van der Waals surface area contributed by atoms with Crippen LogP contribution in [0.4, 0.5) is 0 Å². The highest BCUT2D eigenvalue weighted by atomic mass is 16.3.